The normalized spacial score (nSPS) is 22.5. The summed E-state index contributed by atoms with van der Waals surface area (Å²) in [6.07, 6.45) is 0.287. The van der Waals surface area contributed by atoms with Gasteiger partial charge in [0.25, 0.3) is 0 Å². The van der Waals surface area contributed by atoms with Gasteiger partial charge in [-0.3, -0.25) is 0 Å². The van der Waals surface area contributed by atoms with Crippen LogP contribution < -0.4 is 4.72 Å². The predicted octanol–water partition coefficient (Wildman–Crippen LogP) is 1.57. The number of nitrogens with one attached hydrogen (secondary N) is 1. The lowest BCUT2D eigenvalue weighted by atomic mass is 10.3. The molecule has 1 N–H and O–H groups in total. The standard InChI is InChI=1S/C10H11BrClNO4S2/c11-7-1-2-10(9(12)5-7)19(16,17)13-8-3-4-18(14,15)6-8/h1-2,5,8,13H,3-4,6H2/t8-/m0/s1. The molecule has 1 heterocycles. The smallest absolute Gasteiger partial charge is 0.229 e. The molecule has 0 spiro atoms. The van der Waals surface area contributed by atoms with Crippen LogP contribution in [0.5, 0.6) is 0 Å². The Bertz CT molecular complexity index is 702. The van der Waals surface area contributed by atoms with E-state index in [0.717, 1.165) is 0 Å². The Morgan fingerprint density at radius 2 is 2.05 bits per heavy atom. The molecule has 1 aromatic carbocycles. The summed E-state index contributed by atoms with van der Waals surface area (Å²) in [4.78, 5) is -0.0540. The van der Waals surface area contributed by atoms with Crippen molar-refractivity contribution in [3.05, 3.63) is 27.7 Å². The van der Waals surface area contributed by atoms with Gasteiger partial charge in [0.05, 0.1) is 16.5 Å². The van der Waals surface area contributed by atoms with Crippen LogP contribution in [0.15, 0.2) is 27.6 Å². The number of sulfone groups is 1. The molecule has 0 bridgehead atoms. The Kier molecular flexibility index (Phi) is 4.27. The third kappa shape index (κ3) is 3.69. The third-order valence-electron chi connectivity index (χ3n) is 2.74. The minimum Gasteiger partial charge on any atom is -0.229 e. The highest BCUT2D eigenvalue weighted by Gasteiger charge is 2.32. The van der Waals surface area contributed by atoms with Gasteiger partial charge in [0.1, 0.15) is 4.90 Å². The summed E-state index contributed by atoms with van der Waals surface area (Å²) in [5, 5.41) is 0.0859. The predicted molar refractivity (Wildman–Crippen MR) is 76.5 cm³/mol. The van der Waals surface area contributed by atoms with E-state index in [9.17, 15) is 16.8 Å². The molecule has 2 rings (SSSR count). The molecule has 1 fully saturated rings. The lowest BCUT2D eigenvalue weighted by Crippen LogP contribution is -2.35. The molecule has 1 saturated heterocycles. The van der Waals surface area contributed by atoms with Crippen LogP contribution >= 0.6 is 27.5 Å². The first-order valence-electron chi connectivity index (χ1n) is 5.37. The molecule has 1 atom stereocenters. The molecule has 1 aromatic rings. The van der Waals surface area contributed by atoms with E-state index < -0.39 is 25.9 Å². The number of hydrogen-bond acceptors (Lipinski definition) is 4. The van der Waals surface area contributed by atoms with E-state index in [1.807, 2.05) is 0 Å². The van der Waals surface area contributed by atoms with Crippen molar-refractivity contribution < 1.29 is 16.8 Å². The van der Waals surface area contributed by atoms with Gasteiger partial charge in [0.2, 0.25) is 10.0 Å². The van der Waals surface area contributed by atoms with Gasteiger partial charge >= 0.3 is 0 Å². The highest BCUT2D eigenvalue weighted by Crippen LogP contribution is 2.26. The van der Waals surface area contributed by atoms with Crippen LogP contribution in [-0.4, -0.2) is 34.4 Å². The Labute approximate surface area is 125 Å². The van der Waals surface area contributed by atoms with Crippen LogP contribution in [-0.2, 0) is 19.9 Å². The molecular weight excluding hydrogens is 378 g/mol. The summed E-state index contributed by atoms with van der Waals surface area (Å²) < 4.78 is 49.9. The fraction of sp³-hybridized carbons (Fsp3) is 0.400. The van der Waals surface area contributed by atoms with E-state index in [4.69, 9.17) is 11.6 Å². The number of rotatable bonds is 3. The molecular formula is C10H11BrClNO4S2. The zero-order chi connectivity index (χ0) is 14.3. The molecule has 0 unspecified atom stereocenters. The molecule has 106 valence electrons. The number of sulfonamides is 1. The van der Waals surface area contributed by atoms with Crippen LogP contribution in [0.4, 0.5) is 0 Å². The molecule has 9 heteroatoms. The Morgan fingerprint density at radius 1 is 1.37 bits per heavy atom. The van der Waals surface area contributed by atoms with E-state index in [0.29, 0.717) is 4.47 Å². The highest BCUT2D eigenvalue weighted by molar-refractivity contribution is 9.10. The molecule has 19 heavy (non-hydrogen) atoms. The van der Waals surface area contributed by atoms with Crippen molar-refractivity contribution in [2.24, 2.45) is 0 Å². The number of hydrogen-bond donors (Lipinski definition) is 1. The summed E-state index contributed by atoms with van der Waals surface area (Å²) in [7, 11) is -6.94. The van der Waals surface area contributed by atoms with Crippen molar-refractivity contribution in [1.82, 2.24) is 4.72 Å². The average Bonchev–Trinajstić information content (AvgIpc) is 2.56. The number of halogens is 2. The van der Waals surface area contributed by atoms with Crippen molar-refractivity contribution in [2.75, 3.05) is 11.5 Å². The molecule has 0 saturated carbocycles. The topological polar surface area (TPSA) is 80.3 Å². The van der Waals surface area contributed by atoms with Gasteiger partial charge in [-0.1, -0.05) is 27.5 Å². The molecule has 1 aliphatic heterocycles. The fourth-order valence-corrected chi connectivity index (χ4v) is 5.95. The van der Waals surface area contributed by atoms with E-state index in [2.05, 4.69) is 20.7 Å². The first-order chi connectivity index (χ1) is 8.70. The third-order valence-corrected chi connectivity index (χ3v) is 7.00. The molecule has 1 aliphatic rings. The van der Waals surface area contributed by atoms with Gasteiger partial charge in [-0.2, -0.15) is 0 Å². The summed E-state index contributed by atoms with van der Waals surface area (Å²) in [6.45, 7) is 0. The van der Waals surface area contributed by atoms with Gasteiger partial charge in [0, 0.05) is 10.5 Å². The zero-order valence-electron chi connectivity index (χ0n) is 9.64. The van der Waals surface area contributed by atoms with Gasteiger partial charge in [-0.15, -0.1) is 0 Å². The maximum atomic E-state index is 12.1. The summed E-state index contributed by atoms with van der Waals surface area (Å²) >= 11 is 9.08. The minimum absolute atomic E-state index is 0.00819. The average molecular weight is 389 g/mol. The van der Waals surface area contributed by atoms with E-state index in [1.165, 1.54) is 12.1 Å². The SMILES string of the molecule is O=S1(=O)CC[C@H](NS(=O)(=O)c2ccc(Br)cc2Cl)C1. The van der Waals surface area contributed by atoms with Gasteiger partial charge in [0.15, 0.2) is 9.84 Å². The highest BCUT2D eigenvalue weighted by atomic mass is 79.9. The Morgan fingerprint density at radius 3 is 2.58 bits per heavy atom. The van der Waals surface area contributed by atoms with Crippen molar-refractivity contribution in [3.8, 4) is 0 Å². The second-order valence-electron chi connectivity index (χ2n) is 4.30. The largest absolute Gasteiger partial charge is 0.242 e. The monoisotopic (exact) mass is 387 g/mol. The lowest BCUT2D eigenvalue weighted by Gasteiger charge is -2.12. The quantitative estimate of drug-likeness (QED) is 0.852. The van der Waals surface area contributed by atoms with E-state index >= 15 is 0 Å². The molecule has 5 nitrogen and oxygen atoms in total. The molecule has 0 aliphatic carbocycles. The lowest BCUT2D eigenvalue weighted by molar-refractivity contribution is 0.562. The molecule has 0 aromatic heterocycles. The van der Waals surface area contributed by atoms with Crippen LogP contribution in [0, 0.1) is 0 Å². The number of benzene rings is 1. The van der Waals surface area contributed by atoms with Crippen LogP contribution in [0.2, 0.25) is 5.02 Å². The first kappa shape index (κ1) is 15.2. The second-order valence-corrected chi connectivity index (χ2v) is 9.53. The van der Waals surface area contributed by atoms with Gasteiger partial charge in [-0.25, -0.2) is 21.6 Å². The summed E-state index contributed by atoms with van der Waals surface area (Å²) in [5.74, 6) is -0.158. The first-order valence-corrected chi connectivity index (χ1v) is 9.85. The minimum atomic E-state index is -3.81. The van der Waals surface area contributed by atoms with Crippen molar-refractivity contribution >= 4 is 47.4 Å². The van der Waals surface area contributed by atoms with Crippen molar-refractivity contribution in [3.63, 3.8) is 0 Å². The molecule has 0 radical (unpaired) electrons. The van der Waals surface area contributed by atoms with Gasteiger partial charge in [-0.05, 0) is 24.6 Å². The Hall–Kier alpha value is -0.150. The van der Waals surface area contributed by atoms with Crippen LogP contribution in [0.3, 0.4) is 0 Å². The van der Waals surface area contributed by atoms with Crippen LogP contribution in [0.25, 0.3) is 0 Å². The second kappa shape index (κ2) is 5.33. The van der Waals surface area contributed by atoms with E-state index in [1.54, 1.807) is 6.07 Å². The van der Waals surface area contributed by atoms with Crippen LogP contribution in [0.1, 0.15) is 6.42 Å². The Balaban J connectivity index is 2.24. The summed E-state index contributed by atoms with van der Waals surface area (Å²) in [5.41, 5.74) is 0. The maximum absolute atomic E-state index is 12.1. The van der Waals surface area contributed by atoms with Gasteiger partial charge < -0.3 is 0 Å². The zero-order valence-corrected chi connectivity index (χ0v) is 13.6. The van der Waals surface area contributed by atoms with Crippen molar-refractivity contribution in [1.29, 1.82) is 0 Å². The fourth-order valence-electron chi connectivity index (χ4n) is 1.86. The van der Waals surface area contributed by atoms with Crippen molar-refractivity contribution in [2.45, 2.75) is 17.4 Å². The molecule has 0 amide bonds. The summed E-state index contributed by atoms with van der Waals surface area (Å²) in [6, 6.07) is 3.82. The van der Waals surface area contributed by atoms with E-state index in [-0.39, 0.29) is 27.8 Å². The maximum Gasteiger partial charge on any atom is 0.242 e.